The Labute approximate surface area is 179 Å². The van der Waals surface area contributed by atoms with Gasteiger partial charge in [-0.3, -0.25) is 4.79 Å². The Morgan fingerprint density at radius 3 is 2.17 bits per heavy atom. The number of carboxylic acids is 1. The standard InChI is InChI=1S/C23H21NO4S2/c1-14(2)22(23(25)26)24-30(27,28)17-9-11-19-18-10-8-16(15-6-4-3-5-7-15)12-20(18)29-21(19)13-17/h3-14,22,24H,1-2H3,(H,25,26)/t22-/m0/s1. The summed E-state index contributed by atoms with van der Waals surface area (Å²) in [5.41, 5.74) is 2.23. The molecular formula is C23H21NO4S2. The Hall–Kier alpha value is -2.74. The lowest BCUT2D eigenvalue weighted by molar-refractivity contribution is -0.140. The van der Waals surface area contributed by atoms with Crippen molar-refractivity contribution >= 4 is 47.5 Å². The molecule has 0 aliphatic heterocycles. The number of hydrogen-bond acceptors (Lipinski definition) is 4. The maximum atomic E-state index is 12.8. The average molecular weight is 440 g/mol. The summed E-state index contributed by atoms with van der Waals surface area (Å²) in [6.45, 7) is 3.33. The van der Waals surface area contributed by atoms with Crippen LogP contribution in [0, 0.1) is 5.92 Å². The monoisotopic (exact) mass is 439 g/mol. The van der Waals surface area contributed by atoms with E-state index >= 15 is 0 Å². The molecule has 0 aliphatic rings. The molecule has 0 spiro atoms. The Bertz CT molecular complexity index is 1340. The molecule has 0 saturated heterocycles. The summed E-state index contributed by atoms with van der Waals surface area (Å²) >= 11 is 1.52. The second-order valence-electron chi connectivity index (χ2n) is 7.52. The molecule has 4 aromatic rings. The highest BCUT2D eigenvalue weighted by molar-refractivity contribution is 7.89. The van der Waals surface area contributed by atoms with Crippen LogP contribution in [0.5, 0.6) is 0 Å². The van der Waals surface area contributed by atoms with Gasteiger partial charge in [0.25, 0.3) is 0 Å². The molecule has 2 N–H and O–H groups in total. The molecule has 0 unspecified atom stereocenters. The van der Waals surface area contributed by atoms with Crippen molar-refractivity contribution in [3.63, 3.8) is 0 Å². The first kappa shape index (κ1) is 20.5. The highest BCUT2D eigenvalue weighted by atomic mass is 32.2. The van der Waals surface area contributed by atoms with Crippen LogP contribution < -0.4 is 4.72 Å². The molecule has 0 amide bonds. The largest absolute Gasteiger partial charge is 0.480 e. The molecule has 154 valence electrons. The van der Waals surface area contributed by atoms with E-state index in [1.54, 1.807) is 26.0 Å². The topological polar surface area (TPSA) is 83.5 Å². The molecule has 0 bridgehead atoms. The molecule has 3 aromatic carbocycles. The van der Waals surface area contributed by atoms with Gasteiger partial charge in [-0.1, -0.05) is 62.4 Å². The van der Waals surface area contributed by atoms with Crippen LogP contribution in [0.2, 0.25) is 0 Å². The second kappa shape index (κ2) is 7.83. The first-order valence-corrected chi connectivity index (χ1v) is 11.8. The lowest BCUT2D eigenvalue weighted by Gasteiger charge is -2.18. The van der Waals surface area contributed by atoms with E-state index in [4.69, 9.17) is 0 Å². The van der Waals surface area contributed by atoms with Crippen molar-refractivity contribution in [2.75, 3.05) is 0 Å². The molecule has 30 heavy (non-hydrogen) atoms. The summed E-state index contributed by atoms with van der Waals surface area (Å²) in [5, 5.41) is 11.4. The first-order chi connectivity index (χ1) is 14.3. The summed E-state index contributed by atoms with van der Waals surface area (Å²) < 4.78 is 29.8. The maximum Gasteiger partial charge on any atom is 0.322 e. The molecule has 0 aliphatic carbocycles. The van der Waals surface area contributed by atoms with E-state index < -0.39 is 22.0 Å². The predicted molar refractivity (Wildman–Crippen MR) is 121 cm³/mol. The van der Waals surface area contributed by atoms with Gasteiger partial charge in [-0.2, -0.15) is 4.72 Å². The van der Waals surface area contributed by atoms with E-state index in [1.165, 1.54) is 17.4 Å². The van der Waals surface area contributed by atoms with Gasteiger partial charge in [-0.15, -0.1) is 11.3 Å². The van der Waals surface area contributed by atoms with Gasteiger partial charge in [0.2, 0.25) is 10.0 Å². The van der Waals surface area contributed by atoms with Gasteiger partial charge in [0.05, 0.1) is 4.90 Å². The molecule has 5 nitrogen and oxygen atoms in total. The van der Waals surface area contributed by atoms with Gasteiger partial charge in [-0.05, 0) is 35.2 Å². The number of benzene rings is 3. The highest BCUT2D eigenvalue weighted by Crippen LogP contribution is 2.37. The minimum atomic E-state index is -3.95. The van der Waals surface area contributed by atoms with Crippen molar-refractivity contribution in [3.8, 4) is 11.1 Å². The van der Waals surface area contributed by atoms with E-state index in [1.807, 2.05) is 18.2 Å². The number of fused-ring (bicyclic) bond motifs is 3. The molecule has 7 heteroatoms. The van der Waals surface area contributed by atoms with Gasteiger partial charge >= 0.3 is 5.97 Å². The number of carbonyl (C=O) groups is 1. The minimum absolute atomic E-state index is 0.0664. The quantitative estimate of drug-likeness (QED) is 0.437. The number of sulfonamides is 1. The summed E-state index contributed by atoms with van der Waals surface area (Å²) in [5.74, 6) is -1.56. The van der Waals surface area contributed by atoms with Gasteiger partial charge < -0.3 is 5.11 Å². The van der Waals surface area contributed by atoms with Crippen LogP contribution in [0.1, 0.15) is 13.8 Å². The SMILES string of the molecule is CC(C)[C@H](NS(=O)(=O)c1ccc2c(c1)sc1cc(-c3ccccc3)ccc12)C(=O)O. The summed E-state index contributed by atoms with van der Waals surface area (Å²) in [6.07, 6.45) is 0. The Kier molecular flexibility index (Phi) is 5.36. The fraction of sp³-hybridized carbons (Fsp3) is 0.174. The summed E-state index contributed by atoms with van der Waals surface area (Å²) in [7, 11) is -3.95. The van der Waals surface area contributed by atoms with Gasteiger partial charge in [-0.25, -0.2) is 8.42 Å². The third-order valence-corrected chi connectivity index (χ3v) is 7.63. The lowest BCUT2D eigenvalue weighted by Crippen LogP contribution is -2.44. The zero-order chi connectivity index (χ0) is 21.5. The lowest BCUT2D eigenvalue weighted by atomic mass is 10.0. The third kappa shape index (κ3) is 3.84. The summed E-state index contributed by atoms with van der Waals surface area (Å²) in [4.78, 5) is 11.5. The van der Waals surface area contributed by atoms with Crippen LogP contribution in [0.4, 0.5) is 0 Å². The molecule has 0 saturated carbocycles. The van der Waals surface area contributed by atoms with E-state index in [2.05, 4.69) is 35.1 Å². The first-order valence-electron chi connectivity index (χ1n) is 9.53. The van der Waals surface area contributed by atoms with Crippen LogP contribution in [-0.4, -0.2) is 25.5 Å². The molecule has 0 fully saturated rings. The van der Waals surface area contributed by atoms with Crippen molar-refractivity contribution in [1.82, 2.24) is 4.72 Å². The number of nitrogens with one attached hydrogen (secondary N) is 1. The number of thiophene rings is 1. The zero-order valence-electron chi connectivity index (χ0n) is 16.5. The van der Waals surface area contributed by atoms with E-state index in [-0.39, 0.29) is 10.8 Å². The Morgan fingerprint density at radius 1 is 0.900 bits per heavy atom. The van der Waals surface area contributed by atoms with Crippen LogP contribution in [0.3, 0.4) is 0 Å². The average Bonchev–Trinajstić information content (AvgIpc) is 3.09. The number of rotatable bonds is 6. The molecule has 0 radical (unpaired) electrons. The van der Waals surface area contributed by atoms with Gasteiger partial charge in [0.1, 0.15) is 6.04 Å². The fourth-order valence-electron chi connectivity index (χ4n) is 3.44. The zero-order valence-corrected chi connectivity index (χ0v) is 18.1. The van der Waals surface area contributed by atoms with Crippen LogP contribution >= 0.6 is 11.3 Å². The Balaban J connectivity index is 1.75. The Morgan fingerprint density at radius 2 is 1.53 bits per heavy atom. The van der Waals surface area contributed by atoms with Crippen molar-refractivity contribution < 1.29 is 18.3 Å². The summed E-state index contributed by atoms with van der Waals surface area (Å²) in [6, 6.07) is 20.1. The molecule has 1 heterocycles. The minimum Gasteiger partial charge on any atom is -0.480 e. The van der Waals surface area contributed by atoms with Crippen LogP contribution in [-0.2, 0) is 14.8 Å². The number of hydrogen-bond donors (Lipinski definition) is 2. The molecule has 1 atom stereocenters. The second-order valence-corrected chi connectivity index (χ2v) is 10.3. The number of aliphatic carboxylic acids is 1. The van der Waals surface area contributed by atoms with E-state index in [0.717, 1.165) is 31.3 Å². The van der Waals surface area contributed by atoms with Crippen molar-refractivity contribution in [1.29, 1.82) is 0 Å². The molecule has 1 aromatic heterocycles. The fourth-order valence-corrected chi connectivity index (χ4v) is 6.06. The number of carboxylic acid groups (broad SMARTS) is 1. The van der Waals surface area contributed by atoms with E-state index in [0.29, 0.717) is 0 Å². The van der Waals surface area contributed by atoms with Crippen molar-refractivity contribution in [2.24, 2.45) is 5.92 Å². The van der Waals surface area contributed by atoms with Crippen molar-refractivity contribution in [3.05, 3.63) is 66.7 Å². The normalized spacial score (nSPS) is 13.2. The highest BCUT2D eigenvalue weighted by Gasteiger charge is 2.28. The molecular weight excluding hydrogens is 418 g/mol. The van der Waals surface area contributed by atoms with Crippen LogP contribution in [0.25, 0.3) is 31.3 Å². The van der Waals surface area contributed by atoms with Crippen LogP contribution in [0.15, 0.2) is 71.6 Å². The van der Waals surface area contributed by atoms with Gasteiger partial charge in [0, 0.05) is 20.2 Å². The van der Waals surface area contributed by atoms with E-state index in [9.17, 15) is 18.3 Å². The smallest absolute Gasteiger partial charge is 0.322 e. The molecule has 4 rings (SSSR count). The van der Waals surface area contributed by atoms with Crippen molar-refractivity contribution in [2.45, 2.75) is 24.8 Å². The predicted octanol–water partition coefficient (Wildman–Crippen LogP) is 5.11. The third-order valence-electron chi connectivity index (χ3n) is 5.08. The van der Waals surface area contributed by atoms with Gasteiger partial charge in [0.15, 0.2) is 0 Å². The maximum absolute atomic E-state index is 12.8.